The van der Waals surface area contributed by atoms with E-state index in [2.05, 4.69) is 5.32 Å². The van der Waals surface area contributed by atoms with E-state index >= 15 is 0 Å². The molecule has 0 unspecified atom stereocenters. The molecular weight excluding hydrogens is 424 g/mol. The number of carbonyl (C=O) groups is 3. The van der Waals surface area contributed by atoms with Gasteiger partial charge < -0.3 is 10.1 Å². The Balaban J connectivity index is 1.70. The van der Waals surface area contributed by atoms with Gasteiger partial charge in [-0.3, -0.25) is 24.5 Å². The second kappa shape index (κ2) is 10.8. The third-order valence-corrected chi connectivity index (χ3v) is 4.93. The van der Waals surface area contributed by atoms with Gasteiger partial charge in [-0.2, -0.15) is 0 Å². The molecule has 33 heavy (non-hydrogen) atoms. The lowest BCUT2D eigenvalue weighted by Crippen LogP contribution is -2.21. The highest BCUT2D eigenvalue weighted by Crippen LogP contribution is 2.25. The van der Waals surface area contributed by atoms with Crippen molar-refractivity contribution in [2.45, 2.75) is 25.9 Å². The molecule has 3 rings (SSSR count). The topological polar surface area (TPSA) is 116 Å². The number of carbonyl (C=O) groups excluding carboxylic acids is 3. The van der Waals surface area contributed by atoms with E-state index in [9.17, 15) is 24.5 Å². The van der Waals surface area contributed by atoms with E-state index in [1.165, 1.54) is 24.3 Å². The molecule has 168 valence electrons. The monoisotopic (exact) mass is 446 g/mol. The van der Waals surface area contributed by atoms with Gasteiger partial charge in [0, 0.05) is 35.4 Å². The van der Waals surface area contributed by atoms with Crippen LogP contribution in [0.2, 0.25) is 0 Å². The first-order valence-corrected chi connectivity index (χ1v) is 10.2. The lowest BCUT2D eigenvalue weighted by Gasteiger charge is -2.17. The molecule has 0 aromatic heterocycles. The van der Waals surface area contributed by atoms with Gasteiger partial charge in [0.25, 0.3) is 5.69 Å². The summed E-state index contributed by atoms with van der Waals surface area (Å²) in [5, 5.41) is 13.7. The van der Waals surface area contributed by atoms with Crippen LogP contribution < -0.4 is 5.32 Å². The number of hydrogen-bond donors (Lipinski definition) is 1. The van der Waals surface area contributed by atoms with Crippen LogP contribution in [0.5, 0.6) is 0 Å². The van der Waals surface area contributed by atoms with Crippen molar-refractivity contribution in [3.05, 3.63) is 106 Å². The normalized spacial score (nSPS) is 11.3. The highest BCUT2D eigenvalue weighted by Gasteiger charge is 2.27. The first kappa shape index (κ1) is 23.3. The highest BCUT2D eigenvalue weighted by atomic mass is 16.6. The van der Waals surface area contributed by atoms with Gasteiger partial charge in [-0.05, 0) is 30.7 Å². The number of esters is 1. The minimum absolute atomic E-state index is 0.125. The maximum absolute atomic E-state index is 13.0. The fourth-order valence-corrected chi connectivity index (χ4v) is 3.13. The van der Waals surface area contributed by atoms with Gasteiger partial charge in [0.15, 0.2) is 6.10 Å². The number of ether oxygens (including phenoxy) is 1. The summed E-state index contributed by atoms with van der Waals surface area (Å²) in [6, 6.07) is 20.8. The maximum atomic E-state index is 13.0. The molecule has 3 aromatic rings. The van der Waals surface area contributed by atoms with Crippen LogP contribution in [0.25, 0.3) is 0 Å². The summed E-state index contributed by atoms with van der Waals surface area (Å²) < 4.78 is 5.44. The molecule has 0 saturated carbocycles. The number of para-hydroxylation sites is 1. The van der Waals surface area contributed by atoms with Gasteiger partial charge in [0.1, 0.15) is 0 Å². The minimum atomic E-state index is -1.29. The van der Waals surface area contributed by atoms with E-state index in [1.807, 2.05) is 19.1 Å². The Hall–Kier alpha value is -4.33. The van der Waals surface area contributed by atoms with Crippen molar-refractivity contribution in [3.63, 3.8) is 0 Å². The third-order valence-electron chi connectivity index (χ3n) is 4.93. The quantitative estimate of drug-likeness (QED) is 0.219. The van der Waals surface area contributed by atoms with Crippen molar-refractivity contribution < 1.29 is 24.0 Å². The Labute approximate surface area is 190 Å². The molecule has 1 amide bonds. The molecule has 8 heteroatoms. The molecule has 0 heterocycles. The number of nitrogens with zero attached hydrogens (tertiary/aromatic N) is 1. The van der Waals surface area contributed by atoms with E-state index in [-0.39, 0.29) is 24.4 Å². The Morgan fingerprint density at radius 2 is 1.55 bits per heavy atom. The van der Waals surface area contributed by atoms with Crippen LogP contribution in [0, 0.1) is 17.0 Å². The van der Waals surface area contributed by atoms with E-state index in [0.29, 0.717) is 16.8 Å². The molecule has 0 fully saturated rings. The number of aryl methyl sites for hydroxylation is 1. The van der Waals surface area contributed by atoms with E-state index in [4.69, 9.17) is 4.74 Å². The molecule has 1 atom stereocenters. The summed E-state index contributed by atoms with van der Waals surface area (Å²) in [5.74, 6) is -1.56. The van der Waals surface area contributed by atoms with Gasteiger partial charge in [-0.25, -0.2) is 0 Å². The van der Waals surface area contributed by atoms with Crippen LogP contribution in [0.3, 0.4) is 0 Å². The van der Waals surface area contributed by atoms with Crippen molar-refractivity contribution in [3.8, 4) is 0 Å². The molecule has 0 bridgehead atoms. The molecule has 0 radical (unpaired) electrons. The fraction of sp³-hybridized carbons (Fsp3) is 0.160. The van der Waals surface area contributed by atoms with Crippen LogP contribution in [0.15, 0.2) is 78.9 Å². The Morgan fingerprint density at radius 3 is 2.18 bits per heavy atom. The number of anilines is 1. The Kier molecular flexibility index (Phi) is 7.64. The summed E-state index contributed by atoms with van der Waals surface area (Å²) in [6.45, 7) is 1.86. The average Bonchev–Trinajstić information content (AvgIpc) is 2.83. The van der Waals surface area contributed by atoms with E-state index in [1.54, 1.807) is 42.5 Å². The number of non-ortho nitro benzene ring substituents is 1. The van der Waals surface area contributed by atoms with Crippen LogP contribution in [0.1, 0.15) is 40.4 Å². The number of amides is 1. The zero-order valence-corrected chi connectivity index (χ0v) is 17.9. The predicted octanol–water partition coefficient (Wildman–Crippen LogP) is 4.79. The predicted molar refractivity (Wildman–Crippen MR) is 122 cm³/mol. The number of hydrogen-bond acceptors (Lipinski definition) is 6. The van der Waals surface area contributed by atoms with Gasteiger partial charge in [0.05, 0.1) is 11.3 Å². The van der Waals surface area contributed by atoms with Gasteiger partial charge in [-0.15, -0.1) is 0 Å². The average molecular weight is 446 g/mol. The number of nitro groups is 1. The second-order valence-corrected chi connectivity index (χ2v) is 7.31. The second-order valence-electron chi connectivity index (χ2n) is 7.31. The number of rotatable bonds is 9. The molecule has 1 N–H and O–H groups in total. The molecule has 3 aromatic carbocycles. The lowest BCUT2D eigenvalue weighted by atomic mass is 9.99. The summed E-state index contributed by atoms with van der Waals surface area (Å²) in [4.78, 5) is 48.1. The Morgan fingerprint density at radius 1 is 0.909 bits per heavy atom. The van der Waals surface area contributed by atoms with Gasteiger partial charge in [-0.1, -0.05) is 48.5 Å². The minimum Gasteiger partial charge on any atom is -0.449 e. The number of benzene rings is 3. The lowest BCUT2D eigenvalue weighted by molar-refractivity contribution is -0.384. The summed E-state index contributed by atoms with van der Waals surface area (Å²) >= 11 is 0. The molecule has 0 aliphatic rings. The van der Waals surface area contributed by atoms with Gasteiger partial charge >= 0.3 is 5.97 Å². The van der Waals surface area contributed by atoms with Crippen molar-refractivity contribution in [1.82, 2.24) is 0 Å². The summed E-state index contributed by atoms with van der Waals surface area (Å²) in [5.41, 5.74) is 2.01. The first-order chi connectivity index (χ1) is 15.8. The van der Waals surface area contributed by atoms with Crippen LogP contribution >= 0.6 is 0 Å². The van der Waals surface area contributed by atoms with Crippen LogP contribution in [0.4, 0.5) is 11.4 Å². The van der Waals surface area contributed by atoms with Crippen LogP contribution in [-0.2, 0) is 14.3 Å². The zero-order chi connectivity index (χ0) is 23.8. The Bertz CT molecular complexity index is 1160. The van der Waals surface area contributed by atoms with Crippen LogP contribution in [-0.4, -0.2) is 22.6 Å². The highest BCUT2D eigenvalue weighted by molar-refractivity contribution is 6.01. The van der Waals surface area contributed by atoms with Crippen molar-refractivity contribution in [2.24, 2.45) is 0 Å². The molecule has 0 saturated heterocycles. The molecule has 0 aliphatic heterocycles. The largest absolute Gasteiger partial charge is 0.449 e. The van der Waals surface area contributed by atoms with E-state index < -0.39 is 22.8 Å². The number of Topliss-reactive ketones (excluding diaryl/α,β-unsaturated/α-hetero) is 1. The van der Waals surface area contributed by atoms with Crippen molar-refractivity contribution in [2.75, 3.05) is 5.32 Å². The molecule has 0 aliphatic carbocycles. The van der Waals surface area contributed by atoms with E-state index in [0.717, 1.165) is 5.56 Å². The molecule has 0 spiro atoms. The first-order valence-electron chi connectivity index (χ1n) is 10.2. The standard InChI is InChI=1S/C25H22N2O6/c1-17-7-5-6-10-21(17)26-22(28)15-16-23(29)33-25(24(30)18-8-3-2-4-9-18)19-11-13-20(14-12-19)27(31)32/h2-14,25H,15-16H2,1H3,(H,26,28)/t25-/m1/s1. The number of nitrogens with one attached hydrogen (secondary N) is 1. The fourth-order valence-electron chi connectivity index (χ4n) is 3.13. The summed E-state index contributed by atoms with van der Waals surface area (Å²) in [7, 11) is 0. The third kappa shape index (κ3) is 6.33. The zero-order valence-electron chi connectivity index (χ0n) is 17.9. The smallest absolute Gasteiger partial charge is 0.307 e. The maximum Gasteiger partial charge on any atom is 0.307 e. The summed E-state index contributed by atoms with van der Waals surface area (Å²) in [6.07, 6.45) is -1.65. The number of ketones is 1. The van der Waals surface area contributed by atoms with Crippen molar-refractivity contribution >= 4 is 29.0 Å². The van der Waals surface area contributed by atoms with Gasteiger partial charge in [0.2, 0.25) is 11.7 Å². The van der Waals surface area contributed by atoms with Crippen molar-refractivity contribution in [1.29, 1.82) is 0 Å². The number of nitro benzene ring substituents is 1. The SMILES string of the molecule is Cc1ccccc1NC(=O)CCC(=O)O[C@@H](C(=O)c1ccccc1)c1ccc([N+](=O)[O-])cc1. The molecule has 8 nitrogen and oxygen atoms in total. The molecular formula is C25H22N2O6.